The second-order valence-electron chi connectivity index (χ2n) is 7.34. The molecule has 26 heteroatoms. The molecule has 0 aromatic heterocycles. The van der Waals surface area contributed by atoms with Crippen LogP contribution in [0.3, 0.4) is 0 Å². The number of hydrogen-bond donors (Lipinski definition) is 0. The van der Waals surface area contributed by atoms with Crippen LogP contribution in [0.2, 0.25) is 0 Å². The Kier molecular flexibility index (Phi) is 9.17. The number of esters is 1. The quantitative estimate of drug-likeness (QED) is 0.0830. The number of rotatable bonds is 10. The highest BCUT2D eigenvalue weighted by molar-refractivity contribution is 5.87. The standard InChI is InChI=1S/C15H5F22NO3/c1-3(2)4(39)41-15(35,36)12(28,38(37)5(40)6(16,17)13(29,30)31)10(24,25)8(20,21)7(18,19)9(22,23)11(26,27)14(32,33)34/h1H2,2H3. The fraction of sp³-hybridized carbons (Fsp3) is 0.733. The summed E-state index contributed by atoms with van der Waals surface area (Å²) in [5.74, 6) is -70.9. The van der Waals surface area contributed by atoms with Crippen molar-refractivity contribution in [2.24, 2.45) is 0 Å². The second-order valence-corrected chi connectivity index (χ2v) is 7.34. The molecule has 242 valence electrons. The van der Waals surface area contributed by atoms with Gasteiger partial charge in [0.05, 0.1) is 0 Å². The summed E-state index contributed by atoms with van der Waals surface area (Å²) in [4.78, 5) is 22.1. The highest BCUT2D eigenvalue weighted by atomic mass is 19.4. The Hall–Kier alpha value is -2.86. The van der Waals surface area contributed by atoms with Crippen LogP contribution in [0.25, 0.3) is 0 Å². The van der Waals surface area contributed by atoms with E-state index in [0.717, 1.165) is 0 Å². The smallest absolute Gasteiger partial charge is 0.393 e. The maximum atomic E-state index is 14.8. The van der Waals surface area contributed by atoms with Crippen molar-refractivity contribution in [3.8, 4) is 0 Å². The average molecular weight is 665 g/mol. The van der Waals surface area contributed by atoms with Crippen LogP contribution in [0.5, 0.6) is 0 Å². The number of ether oxygens (including phenoxy) is 1. The van der Waals surface area contributed by atoms with Crippen molar-refractivity contribution in [2.75, 3.05) is 0 Å². The molecule has 0 saturated heterocycles. The zero-order valence-electron chi connectivity index (χ0n) is 18.2. The van der Waals surface area contributed by atoms with E-state index < -0.39 is 82.4 Å². The molecule has 1 amide bonds. The third-order valence-electron chi connectivity index (χ3n) is 4.38. The topological polar surface area (TPSA) is 46.6 Å². The Bertz CT molecular complexity index is 1040. The van der Waals surface area contributed by atoms with Crippen molar-refractivity contribution in [3.05, 3.63) is 12.2 Å². The first-order valence-corrected chi connectivity index (χ1v) is 8.75. The minimum Gasteiger partial charge on any atom is -0.393 e. The monoisotopic (exact) mass is 665 g/mol. The predicted molar refractivity (Wildman–Crippen MR) is 79.4 cm³/mol. The number of carbonyl (C=O) groups excluding carboxylic acids is 2. The lowest BCUT2D eigenvalue weighted by molar-refractivity contribution is -0.479. The zero-order chi connectivity index (χ0) is 34.0. The van der Waals surface area contributed by atoms with Gasteiger partial charge in [-0.2, -0.15) is 92.2 Å². The van der Waals surface area contributed by atoms with Crippen LogP contribution in [0.1, 0.15) is 6.92 Å². The van der Waals surface area contributed by atoms with Gasteiger partial charge < -0.3 is 4.74 Å². The van der Waals surface area contributed by atoms with Crippen LogP contribution in [0, 0.1) is 0 Å². The van der Waals surface area contributed by atoms with Crippen LogP contribution in [0.15, 0.2) is 12.2 Å². The van der Waals surface area contributed by atoms with Crippen molar-refractivity contribution < 1.29 is 111 Å². The molecule has 0 bridgehead atoms. The van der Waals surface area contributed by atoms with Gasteiger partial charge in [0.15, 0.2) is 0 Å². The van der Waals surface area contributed by atoms with E-state index >= 15 is 0 Å². The molecule has 0 heterocycles. The van der Waals surface area contributed by atoms with E-state index in [1.807, 2.05) is 0 Å². The van der Waals surface area contributed by atoms with Crippen molar-refractivity contribution in [3.63, 3.8) is 0 Å². The van der Waals surface area contributed by atoms with Gasteiger partial charge >= 0.3 is 71.7 Å². The molecule has 0 aromatic carbocycles. The summed E-state index contributed by atoms with van der Waals surface area (Å²) in [5, 5.41) is -4.70. The summed E-state index contributed by atoms with van der Waals surface area (Å²) in [6.45, 7) is 2.39. The lowest BCUT2D eigenvalue weighted by Gasteiger charge is -2.46. The normalized spacial score (nSPS) is 16.7. The van der Waals surface area contributed by atoms with Crippen molar-refractivity contribution in [1.82, 2.24) is 5.12 Å². The summed E-state index contributed by atoms with van der Waals surface area (Å²) in [6, 6.07) is 0. The Morgan fingerprint density at radius 1 is 0.561 bits per heavy atom. The number of halogens is 22. The molecule has 0 aliphatic carbocycles. The number of alkyl halides is 21. The molecule has 0 aliphatic rings. The SMILES string of the molecule is C=C(C)C(=O)OC(F)(F)C(F)(N(F)C(=O)C(F)(F)C(F)(F)F)C(F)(F)C(F)(F)C(F)(F)C(F)(F)C(F)(F)C(F)(F)F. The number of hydrogen-bond acceptors (Lipinski definition) is 3. The van der Waals surface area contributed by atoms with Gasteiger partial charge in [0.2, 0.25) is 0 Å². The van der Waals surface area contributed by atoms with E-state index in [4.69, 9.17) is 0 Å². The minimum atomic E-state index is -9.38. The van der Waals surface area contributed by atoms with Gasteiger partial charge in [-0.05, 0) is 6.92 Å². The Balaban J connectivity index is 7.81. The van der Waals surface area contributed by atoms with Crippen molar-refractivity contribution in [1.29, 1.82) is 0 Å². The molecule has 0 fully saturated rings. The van der Waals surface area contributed by atoms with Gasteiger partial charge in [-0.25, -0.2) is 4.79 Å². The summed E-state index contributed by atoms with van der Waals surface area (Å²) >= 11 is 0. The van der Waals surface area contributed by atoms with Gasteiger partial charge in [0.1, 0.15) is 0 Å². The molecule has 0 spiro atoms. The van der Waals surface area contributed by atoms with Gasteiger partial charge in [-0.3, -0.25) is 4.79 Å². The lowest BCUT2D eigenvalue weighted by Crippen LogP contribution is -2.79. The first-order valence-electron chi connectivity index (χ1n) is 8.75. The van der Waals surface area contributed by atoms with Gasteiger partial charge in [-0.1, -0.05) is 11.1 Å². The second kappa shape index (κ2) is 9.86. The fourth-order valence-electron chi connectivity index (χ4n) is 2.05. The van der Waals surface area contributed by atoms with Gasteiger partial charge in [-0.15, -0.1) is 5.12 Å². The van der Waals surface area contributed by atoms with Crippen molar-refractivity contribution in [2.45, 2.75) is 66.7 Å². The summed E-state index contributed by atoms with van der Waals surface area (Å²) in [5.41, 5.74) is -1.68. The molecule has 0 radical (unpaired) electrons. The fourth-order valence-corrected chi connectivity index (χ4v) is 2.05. The lowest BCUT2D eigenvalue weighted by atomic mass is 9.88. The van der Waals surface area contributed by atoms with Crippen LogP contribution < -0.4 is 0 Å². The zero-order valence-corrected chi connectivity index (χ0v) is 18.2. The molecular weight excluding hydrogens is 660 g/mol. The molecule has 1 atom stereocenters. The summed E-state index contributed by atoms with van der Waals surface area (Å²) in [7, 11) is 0. The third kappa shape index (κ3) is 5.17. The van der Waals surface area contributed by atoms with Crippen LogP contribution >= 0.6 is 0 Å². The van der Waals surface area contributed by atoms with Crippen LogP contribution in [0.4, 0.5) is 96.7 Å². The maximum absolute atomic E-state index is 14.8. The summed E-state index contributed by atoms with van der Waals surface area (Å²) in [6.07, 6.45) is -23.8. The highest BCUT2D eigenvalue weighted by Crippen LogP contribution is 2.64. The van der Waals surface area contributed by atoms with Crippen molar-refractivity contribution >= 4 is 11.9 Å². The number of carbonyl (C=O) groups is 2. The molecule has 0 N–H and O–H groups in total. The number of nitrogens with zero attached hydrogens (tertiary/aromatic N) is 1. The Morgan fingerprint density at radius 3 is 1.17 bits per heavy atom. The minimum absolute atomic E-state index is 0.106. The molecule has 0 saturated carbocycles. The maximum Gasteiger partial charge on any atom is 0.464 e. The van der Waals surface area contributed by atoms with E-state index in [9.17, 15) is 106 Å². The van der Waals surface area contributed by atoms with E-state index in [-0.39, 0.29) is 6.92 Å². The van der Waals surface area contributed by atoms with Gasteiger partial charge in [0, 0.05) is 5.57 Å². The third-order valence-corrected chi connectivity index (χ3v) is 4.38. The number of amides is 1. The van der Waals surface area contributed by atoms with E-state index in [0.29, 0.717) is 0 Å². The molecule has 41 heavy (non-hydrogen) atoms. The Morgan fingerprint density at radius 2 is 0.878 bits per heavy atom. The molecule has 0 aliphatic heterocycles. The first-order chi connectivity index (χ1) is 17.4. The predicted octanol–water partition coefficient (Wildman–Crippen LogP) is 7.01. The van der Waals surface area contributed by atoms with Gasteiger partial charge in [0.25, 0.3) is 0 Å². The van der Waals surface area contributed by atoms with Crippen LogP contribution in [-0.4, -0.2) is 76.8 Å². The van der Waals surface area contributed by atoms with Crippen LogP contribution in [-0.2, 0) is 14.3 Å². The molecule has 0 rings (SSSR count). The molecule has 1 unspecified atom stereocenters. The summed E-state index contributed by atoms with van der Waals surface area (Å²) < 4.78 is 295. The molecular formula is C15H5F22NO3. The molecule has 4 nitrogen and oxygen atoms in total. The van der Waals surface area contributed by atoms with E-state index in [1.54, 1.807) is 0 Å². The largest absolute Gasteiger partial charge is 0.464 e. The Labute approximate surface area is 208 Å². The van der Waals surface area contributed by atoms with E-state index in [2.05, 4.69) is 11.3 Å². The average Bonchev–Trinajstić information content (AvgIpc) is 2.74. The van der Waals surface area contributed by atoms with E-state index in [1.165, 1.54) is 0 Å². The highest BCUT2D eigenvalue weighted by Gasteiger charge is 2.97. The first kappa shape index (κ1) is 38.1. The molecule has 0 aromatic rings.